The van der Waals surface area contributed by atoms with E-state index < -0.39 is 0 Å². The van der Waals surface area contributed by atoms with E-state index in [4.69, 9.17) is 0 Å². The summed E-state index contributed by atoms with van der Waals surface area (Å²) in [5.74, 6) is 0. The molecule has 0 unspecified atom stereocenters. The molecule has 27 heavy (non-hydrogen) atoms. The average Bonchev–Trinajstić information content (AvgIpc) is 3.46. The van der Waals surface area contributed by atoms with Crippen molar-refractivity contribution in [3.63, 3.8) is 0 Å². The number of aromatic amines is 3. The van der Waals surface area contributed by atoms with Crippen molar-refractivity contribution in [3.05, 3.63) is 85.3 Å². The van der Waals surface area contributed by atoms with Crippen molar-refractivity contribution in [1.29, 1.82) is 0 Å². The molecule has 6 aromatic rings. The van der Waals surface area contributed by atoms with Gasteiger partial charge in [-0.25, -0.2) is 0 Å². The fourth-order valence-corrected chi connectivity index (χ4v) is 4.25. The first kappa shape index (κ1) is 14.4. The fraction of sp³-hybridized carbons (Fsp3) is 0. The predicted octanol–water partition coefficient (Wildman–Crippen LogP) is 6.46. The van der Waals surface area contributed by atoms with E-state index in [0.29, 0.717) is 0 Å². The molecule has 3 aromatic heterocycles. The van der Waals surface area contributed by atoms with E-state index in [-0.39, 0.29) is 0 Å². The minimum absolute atomic E-state index is 1.16. The fourth-order valence-electron chi connectivity index (χ4n) is 4.25. The third kappa shape index (κ3) is 2.02. The Kier molecular flexibility index (Phi) is 2.88. The number of para-hydroxylation sites is 1. The highest BCUT2D eigenvalue weighted by Gasteiger charge is 2.14. The summed E-state index contributed by atoms with van der Waals surface area (Å²) in [6.45, 7) is 0. The molecule has 3 nitrogen and oxygen atoms in total. The van der Waals surface area contributed by atoms with Gasteiger partial charge in [0.25, 0.3) is 0 Å². The molecule has 128 valence electrons. The van der Waals surface area contributed by atoms with Crippen LogP contribution in [-0.2, 0) is 0 Å². The van der Waals surface area contributed by atoms with Crippen LogP contribution >= 0.6 is 0 Å². The standard InChI is InChI=1S/C24H17N3/c1-3-15-9-12-26-23(15)19(5-1)17-7-8-20(24-21(17)11-14-27-24)16-4-2-6-22-18(16)10-13-25-22/h1-14,25-27H. The van der Waals surface area contributed by atoms with Gasteiger partial charge >= 0.3 is 0 Å². The Labute approximate surface area is 155 Å². The molecule has 0 amide bonds. The van der Waals surface area contributed by atoms with E-state index in [0.717, 1.165) is 5.52 Å². The highest BCUT2D eigenvalue weighted by molar-refractivity contribution is 6.10. The van der Waals surface area contributed by atoms with Crippen molar-refractivity contribution >= 4 is 32.7 Å². The van der Waals surface area contributed by atoms with Gasteiger partial charge in [-0.3, -0.25) is 0 Å². The molecule has 0 saturated carbocycles. The maximum absolute atomic E-state index is 3.48. The second-order valence-electron chi connectivity index (χ2n) is 6.92. The largest absolute Gasteiger partial charge is 0.361 e. The van der Waals surface area contributed by atoms with Crippen LogP contribution in [0.25, 0.3) is 55.0 Å². The minimum atomic E-state index is 1.16. The normalized spacial score (nSPS) is 11.7. The number of H-pyrrole nitrogens is 3. The molecule has 0 radical (unpaired) electrons. The van der Waals surface area contributed by atoms with Crippen LogP contribution < -0.4 is 0 Å². The number of hydrogen-bond donors (Lipinski definition) is 3. The molecule has 3 N–H and O–H groups in total. The molecule has 3 heterocycles. The summed E-state index contributed by atoms with van der Waals surface area (Å²) < 4.78 is 0. The first-order valence-electron chi connectivity index (χ1n) is 9.13. The lowest BCUT2D eigenvalue weighted by molar-refractivity contribution is 1.47. The van der Waals surface area contributed by atoms with Crippen molar-refractivity contribution in [2.24, 2.45) is 0 Å². The molecule has 0 fully saturated rings. The molecule has 0 atom stereocenters. The van der Waals surface area contributed by atoms with Gasteiger partial charge in [0, 0.05) is 46.0 Å². The Balaban J connectivity index is 1.66. The van der Waals surface area contributed by atoms with Crippen LogP contribution in [-0.4, -0.2) is 15.0 Å². The van der Waals surface area contributed by atoms with Gasteiger partial charge in [0.2, 0.25) is 0 Å². The lowest BCUT2D eigenvalue weighted by Crippen LogP contribution is -1.86. The first-order valence-corrected chi connectivity index (χ1v) is 9.13. The number of rotatable bonds is 2. The number of nitrogens with one attached hydrogen (secondary N) is 3. The number of benzene rings is 3. The molecule has 0 saturated heterocycles. The highest BCUT2D eigenvalue weighted by Crippen LogP contribution is 2.39. The topological polar surface area (TPSA) is 47.4 Å². The lowest BCUT2D eigenvalue weighted by Gasteiger charge is -2.11. The van der Waals surface area contributed by atoms with E-state index in [1.165, 1.54) is 49.4 Å². The van der Waals surface area contributed by atoms with Crippen molar-refractivity contribution < 1.29 is 0 Å². The van der Waals surface area contributed by atoms with Crippen LogP contribution in [0.4, 0.5) is 0 Å². The molecule has 0 aliphatic carbocycles. The van der Waals surface area contributed by atoms with Gasteiger partial charge in [0.15, 0.2) is 0 Å². The van der Waals surface area contributed by atoms with Crippen LogP contribution in [0, 0.1) is 0 Å². The van der Waals surface area contributed by atoms with Crippen molar-refractivity contribution in [2.45, 2.75) is 0 Å². The maximum atomic E-state index is 3.48. The van der Waals surface area contributed by atoms with E-state index in [1.807, 2.05) is 18.6 Å². The smallest absolute Gasteiger partial charge is 0.0540 e. The zero-order valence-electron chi connectivity index (χ0n) is 14.6. The molecular formula is C24H17N3. The second kappa shape index (κ2) is 5.39. The highest BCUT2D eigenvalue weighted by atomic mass is 14.7. The zero-order chi connectivity index (χ0) is 17.8. The summed E-state index contributed by atoms with van der Waals surface area (Å²) in [6.07, 6.45) is 6.04. The van der Waals surface area contributed by atoms with Crippen molar-refractivity contribution in [3.8, 4) is 22.3 Å². The Morgan fingerprint density at radius 2 is 1.11 bits per heavy atom. The van der Waals surface area contributed by atoms with E-state index in [9.17, 15) is 0 Å². The van der Waals surface area contributed by atoms with Crippen LogP contribution in [0.5, 0.6) is 0 Å². The van der Waals surface area contributed by atoms with Gasteiger partial charge in [-0.05, 0) is 40.8 Å². The van der Waals surface area contributed by atoms with Gasteiger partial charge in [-0.1, -0.05) is 42.5 Å². The average molecular weight is 347 g/mol. The molecule has 3 heteroatoms. The Morgan fingerprint density at radius 3 is 2.11 bits per heavy atom. The lowest BCUT2D eigenvalue weighted by atomic mass is 9.94. The first-order chi connectivity index (χ1) is 13.4. The van der Waals surface area contributed by atoms with Gasteiger partial charge in [-0.15, -0.1) is 0 Å². The summed E-state index contributed by atoms with van der Waals surface area (Å²) in [5, 5.41) is 3.71. The predicted molar refractivity (Wildman–Crippen MR) is 113 cm³/mol. The summed E-state index contributed by atoms with van der Waals surface area (Å²) in [6, 6.07) is 23.8. The second-order valence-corrected chi connectivity index (χ2v) is 6.92. The van der Waals surface area contributed by atoms with Crippen LogP contribution in [0.2, 0.25) is 0 Å². The molecular weight excluding hydrogens is 330 g/mol. The van der Waals surface area contributed by atoms with Gasteiger partial charge in [-0.2, -0.15) is 0 Å². The summed E-state index contributed by atoms with van der Waals surface area (Å²) in [5.41, 5.74) is 8.45. The monoisotopic (exact) mass is 347 g/mol. The molecule has 0 aliphatic rings. The van der Waals surface area contributed by atoms with Gasteiger partial charge < -0.3 is 15.0 Å². The van der Waals surface area contributed by atoms with Gasteiger partial charge in [0.05, 0.1) is 11.0 Å². The van der Waals surface area contributed by atoms with Gasteiger partial charge in [0.1, 0.15) is 0 Å². The maximum Gasteiger partial charge on any atom is 0.0540 e. The Hall–Kier alpha value is -3.72. The van der Waals surface area contributed by atoms with Crippen molar-refractivity contribution in [1.82, 2.24) is 15.0 Å². The van der Waals surface area contributed by atoms with Crippen molar-refractivity contribution in [2.75, 3.05) is 0 Å². The minimum Gasteiger partial charge on any atom is -0.361 e. The molecule has 0 bridgehead atoms. The molecule has 3 aromatic carbocycles. The van der Waals surface area contributed by atoms with Crippen LogP contribution in [0.15, 0.2) is 85.3 Å². The number of fused-ring (bicyclic) bond motifs is 3. The van der Waals surface area contributed by atoms with E-state index in [1.54, 1.807) is 0 Å². The Morgan fingerprint density at radius 1 is 0.444 bits per heavy atom. The molecule has 6 rings (SSSR count). The van der Waals surface area contributed by atoms with Crippen LogP contribution in [0.1, 0.15) is 0 Å². The van der Waals surface area contributed by atoms with E-state index in [2.05, 4.69) is 81.7 Å². The molecule has 0 spiro atoms. The third-order valence-corrected chi connectivity index (χ3v) is 5.49. The summed E-state index contributed by atoms with van der Waals surface area (Å²) in [4.78, 5) is 10.2. The quantitative estimate of drug-likeness (QED) is 0.322. The van der Waals surface area contributed by atoms with E-state index >= 15 is 0 Å². The Bertz CT molecular complexity index is 1320. The molecule has 0 aliphatic heterocycles. The number of hydrogen-bond acceptors (Lipinski definition) is 0. The summed E-state index contributed by atoms with van der Waals surface area (Å²) >= 11 is 0. The number of aromatic nitrogens is 3. The zero-order valence-corrected chi connectivity index (χ0v) is 14.6. The van der Waals surface area contributed by atoms with Crippen LogP contribution in [0.3, 0.4) is 0 Å². The third-order valence-electron chi connectivity index (χ3n) is 5.49. The SMILES string of the molecule is c1cc(-c2ccc(-c3cccc4[nH]ccc34)c3[nH]ccc23)c2[nH]ccc2c1. The summed E-state index contributed by atoms with van der Waals surface area (Å²) in [7, 11) is 0.